The number of aromatic nitrogens is 1. The maximum Gasteiger partial charge on any atom is 0.338 e. The van der Waals surface area contributed by atoms with Crippen molar-refractivity contribution in [3.05, 3.63) is 101 Å². The largest absolute Gasteiger partial charge is 0.456 e. The van der Waals surface area contributed by atoms with E-state index >= 15 is 0 Å². The molecule has 0 saturated carbocycles. The van der Waals surface area contributed by atoms with Crippen LogP contribution in [0.3, 0.4) is 0 Å². The van der Waals surface area contributed by atoms with Gasteiger partial charge in [-0.3, -0.25) is 4.72 Å². The quantitative estimate of drug-likeness (QED) is 0.350. The Bertz CT molecular complexity index is 1380. The third kappa shape index (κ3) is 5.47. The highest BCUT2D eigenvalue weighted by atomic mass is 32.2. The predicted octanol–water partition coefficient (Wildman–Crippen LogP) is 5.58. The molecule has 33 heavy (non-hydrogen) atoms. The Morgan fingerprint density at radius 2 is 1.73 bits per heavy atom. The molecule has 0 atom stereocenters. The fraction of sp³-hybridized carbons (Fsp3) is 0.120. The number of ether oxygens (including phenoxy) is 1. The highest BCUT2D eigenvalue weighted by Crippen LogP contribution is 2.25. The van der Waals surface area contributed by atoms with Crippen molar-refractivity contribution in [1.29, 1.82) is 0 Å². The van der Waals surface area contributed by atoms with Gasteiger partial charge in [0.25, 0.3) is 10.0 Å². The van der Waals surface area contributed by atoms with Gasteiger partial charge in [0.1, 0.15) is 11.6 Å². The molecule has 1 heterocycles. The van der Waals surface area contributed by atoms with E-state index in [4.69, 9.17) is 4.74 Å². The summed E-state index contributed by atoms with van der Waals surface area (Å²) in [6.45, 7) is 3.60. The first-order valence-corrected chi connectivity index (χ1v) is 12.6. The molecule has 4 aromatic rings. The summed E-state index contributed by atoms with van der Waals surface area (Å²) < 4.78 is 33.8. The minimum atomic E-state index is -3.88. The Kier molecular flexibility index (Phi) is 6.57. The van der Waals surface area contributed by atoms with Gasteiger partial charge in [0.15, 0.2) is 0 Å². The van der Waals surface area contributed by atoms with E-state index < -0.39 is 16.0 Å². The normalized spacial score (nSPS) is 11.2. The van der Waals surface area contributed by atoms with Crippen LogP contribution in [0, 0.1) is 13.8 Å². The molecule has 0 saturated heterocycles. The lowest BCUT2D eigenvalue weighted by Crippen LogP contribution is -2.15. The lowest BCUT2D eigenvalue weighted by atomic mass is 10.1. The second-order valence-electron chi connectivity index (χ2n) is 7.54. The summed E-state index contributed by atoms with van der Waals surface area (Å²) in [5.74, 6) is -0.615. The van der Waals surface area contributed by atoms with E-state index in [2.05, 4.69) is 9.71 Å². The summed E-state index contributed by atoms with van der Waals surface area (Å²) in [5, 5.41) is 2.68. The van der Waals surface area contributed by atoms with Crippen LogP contribution in [0.15, 0.2) is 83.1 Å². The van der Waals surface area contributed by atoms with Crippen molar-refractivity contribution in [2.75, 3.05) is 4.72 Å². The Hall–Kier alpha value is -3.49. The van der Waals surface area contributed by atoms with Crippen LogP contribution in [0.4, 0.5) is 5.69 Å². The van der Waals surface area contributed by atoms with E-state index in [-0.39, 0.29) is 17.1 Å². The summed E-state index contributed by atoms with van der Waals surface area (Å²) in [6, 6.07) is 21.3. The van der Waals surface area contributed by atoms with E-state index in [1.807, 2.05) is 54.8 Å². The molecule has 4 rings (SSSR count). The van der Waals surface area contributed by atoms with Crippen LogP contribution in [0.1, 0.15) is 27.2 Å². The molecule has 0 aliphatic heterocycles. The molecule has 1 aromatic heterocycles. The maximum absolute atomic E-state index is 12.9. The average molecular weight is 479 g/mol. The second kappa shape index (κ2) is 9.56. The molecule has 0 fully saturated rings. The smallest absolute Gasteiger partial charge is 0.338 e. The van der Waals surface area contributed by atoms with Crippen molar-refractivity contribution in [2.24, 2.45) is 0 Å². The van der Waals surface area contributed by atoms with Gasteiger partial charge in [0.2, 0.25) is 0 Å². The number of aryl methyl sites for hydroxylation is 2. The fourth-order valence-electron chi connectivity index (χ4n) is 3.16. The van der Waals surface area contributed by atoms with Gasteiger partial charge < -0.3 is 4.74 Å². The lowest BCUT2D eigenvalue weighted by Gasteiger charge is -2.12. The van der Waals surface area contributed by atoms with Crippen LogP contribution in [0.25, 0.3) is 10.6 Å². The molecule has 6 nitrogen and oxygen atoms in total. The van der Waals surface area contributed by atoms with Gasteiger partial charge in [-0.25, -0.2) is 18.2 Å². The third-order valence-corrected chi connectivity index (χ3v) is 7.40. The summed E-state index contributed by atoms with van der Waals surface area (Å²) in [6.07, 6.45) is 0. The average Bonchev–Trinajstić information content (AvgIpc) is 3.29. The first-order valence-electron chi connectivity index (χ1n) is 10.2. The minimum Gasteiger partial charge on any atom is -0.456 e. The molecular weight excluding hydrogens is 456 g/mol. The first-order chi connectivity index (χ1) is 15.8. The predicted molar refractivity (Wildman–Crippen MR) is 130 cm³/mol. The number of hydrogen-bond acceptors (Lipinski definition) is 6. The van der Waals surface area contributed by atoms with Crippen molar-refractivity contribution in [3.8, 4) is 10.6 Å². The maximum atomic E-state index is 12.9. The zero-order chi connectivity index (χ0) is 23.4. The zero-order valence-electron chi connectivity index (χ0n) is 18.1. The number of nitrogens with zero attached hydrogens (tertiary/aromatic N) is 1. The molecule has 3 aromatic carbocycles. The van der Waals surface area contributed by atoms with E-state index in [1.165, 1.54) is 17.4 Å². The molecule has 0 aliphatic rings. The molecular formula is C25H22N2O4S2. The number of carbonyl (C=O) groups is 1. The number of rotatable bonds is 7. The van der Waals surface area contributed by atoms with Crippen LogP contribution in [-0.4, -0.2) is 19.4 Å². The van der Waals surface area contributed by atoms with Crippen LogP contribution in [-0.2, 0) is 21.4 Å². The van der Waals surface area contributed by atoms with Crippen molar-refractivity contribution in [1.82, 2.24) is 4.98 Å². The molecule has 168 valence electrons. The van der Waals surface area contributed by atoms with Gasteiger partial charge >= 0.3 is 5.97 Å². The number of anilines is 1. The number of thiazole rings is 1. The zero-order valence-corrected chi connectivity index (χ0v) is 19.7. The van der Waals surface area contributed by atoms with Gasteiger partial charge in [-0.2, -0.15) is 0 Å². The van der Waals surface area contributed by atoms with E-state index in [1.54, 1.807) is 31.2 Å². The standard InChI is InChI=1S/C25H22N2O4S2/c1-17-8-12-21(13-9-17)27-33(29,30)23-14-20(11-10-18(23)2)25(28)31-15-22-16-32-24(26-22)19-6-4-3-5-7-19/h3-14,16,27H,15H2,1-2H3. The second-order valence-corrected chi connectivity index (χ2v) is 10.0. The van der Waals surface area contributed by atoms with E-state index in [0.29, 0.717) is 16.9 Å². The Balaban J connectivity index is 1.47. The molecule has 1 N–H and O–H groups in total. The highest BCUT2D eigenvalue weighted by molar-refractivity contribution is 7.92. The van der Waals surface area contributed by atoms with Crippen LogP contribution < -0.4 is 4.72 Å². The van der Waals surface area contributed by atoms with Gasteiger partial charge in [0.05, 0.1) is 16.2 Å². The Morgan fingerprint density at radius 3 is 2.45 bits per heavy atom. The SMILES string of the molecule is Cc1ccc(NS(=O)(=O)c2cc(C(=O)OCc3csc(-c4ccccc4)n3)ccc2C)cc1. The topological polar surface area (TPSA) is 85.4 Å². The number of benzene rings is 3. The van der Waals surface area contributed by atoms with Crippen molar-refractivity contribution in [3.63, 3.8) is 0 Å². The Morgan fingerprint density at radius 1 is 1.00 bits per heavy atom. The summed E-state index contributed by atoms with van der Waals surface area (Å²) in [7, 11) is -3.88. The number of hydrogen-bond donors (Lipinski definition) is 1. The molecule has 0 radical (unpaired) electrons. The fourth-order valence-corrected chi connectivity index (χ4v) is 5.30. The summed E-state index contributed by atoms with van der Waals surface area (Å²) in [5.41, 5.74) is 3.78. The molecule has 8 heteroatoms. The molecule has 0 spiro atoms. The number of nitrogens with one attached hydrogen (secondary N) is 1. The van der Waals surface area contributed by atoms with Gasteiger partial charge in [-0.1, -0.05) is 54.1 Å². The van der Waals surface area contributed by atoms with Crippen LogP contribution in [0.2, 0.25) is 0 Å². The summed E-state index contributed by atoms with van der Waals surface area (Å²) in [4.78, 5) is 17.2. The first kappa shape index (κ1) is 22.7. The Labute approximate surface area is 197 Å². The van der Waals surface area contributed by atoms with Crippen LogP contribution in [0.5, 0.6) is 0 Å². The summed E-state index contributed by atoms with van der Waals surface area (Å²) >= 11 is 1.47. The van der Waals surface area contributed by atoms with Crippen molar-refractivity contribution >= 4 is 33.0 Å². The molecule has 0 unspecified atom stereocenters. The number of sulfonamides is 1. The number of esters is 1. The van der Waals surface area contributed by atoms with Gasteiger partial charge in [-0.15, -0.1) is 11.3 Å². The van der Waals surface area contributed by atoms with Gasteiger partial charge in [-0.05, 0) is 43.7 Å². The van der Waals surface area contributed by atoms with Crippen LogP contribution >= 0.6 is 11.3 Å². The van der Waals surface area contributed by atoms with E-state index in [0.717, 1.165) is 16.1 Å². The third-order valence-electron chi connectivity index (χ3n) is 4.94. The highest BCUT2D eigenvalue weighted by Gasteiger charge is 2.20. The minimum absolute atomic E-state index is 0.000255. The molecule has 0 amide bonds. The van der Waals surface area contributed by atoms with Crippen molar-refractivity contribution in [2.45, 2.75) is 25.3 Å². The number of carbonyl (C=O) groups excluding carboxylic acids is 1. The molecule has 0 aliphatic carbocycles. The monoisotopic (exact) mass is 478 g/mol. The van der Waals surface area contributed by atoms with E-state index in [9.17, 15) is 13.2 Å². The van der Waals surface area contributed by atoms with Crippen molar-refractivity contribution < 1.29 is 17.9 Å². The lowest BCUT2D eigenvalue weighted by molar-refractivity contribution is 0.0468. The van der Waals surface area contributed by atoms with Gasteiger partial charge in [0, 0.05) is 16.6 Å². The molecule has 0 bridgehead atoms.